The number of hydrogen-bond acceptors (Lipinski definition) is 0. The maximum absolute atomic E-state index is 4.72. The van der Waals surface area contributed by atoms with Crippen molar-refractivity contribution >= 4 is 0 Å². The molecule has 0 saturated heterocycles. The van der Waals surface area contributed by atoms with E-state index in [1.54, 1.807) is 6.92 Å². The predicted molar refractivity (Wildman–Crippen MR) is 24.5 cm³/mol. The molecule has 0 amide bonds. The van der Waals surface area contributed by atoms with Crippen LogP contribution in [0, 0.1) is 13.2 Å². The standard InChI is InChI=1S/C3H5.C2H3.2BrH.2Zn/c1-3-2;1-2;;;;/h1,3H,2H3;1H,2H2;2*1H;;/q2*-1;;;2*+2/p-2. The van der Waals surface area contributed by atoms with Gasteiger partial charge in [-0.3, -0.25) is 12.7 Å². The summed E-state index contributed by atoms with van der Waals surface area (Å²) in [5, 5.41) is 0. The van der Waals surface area contributed by atoms with Crippen LogP contribution in [0.2, 0.25) is 0 Å². The van der Waals surface area contributed by atoms with Gasteiger partial charge < -0.3 is 47.1 Å². The zero-order valence-electron chi connectivity index (χ0n) is 5.61. The summed E-state index contributed by atoms with van der Waals surface area (Å²) in [6.45, 7) is 13.5. The Hall–Kier alpha value is 1.69. The molecule has 0 atom stereocenters. The van der Waals surface area contributed by atoms with Gasteiger partial charge in [-0.25, -0.2) is 0 Å². The van der Waals surface area contributed by atoms with Gasteiger partial charge in [0.25, 0.3) is 0 Å². The Morgan fingerprint density at radius 1 is 1.11 bits per heavy atom. The molecule has 4 heteroatoms. The van der Waals surface area contributed by atoms with Crippen LogP contribution >= 0.6 is 0 Å². The van der Waals surface area contributed by atoms with Gasteiger partial charge in [0.15, 0.2) is 0 Å². The average molecular weight is 359 g/mol. The molecule has 0 aromatic heterocycles. The summed E-state index contributed by atoms with van der Waals surface area (Å²) in [7, 11) is 0. The molecule has 0 rings (SSSR count). The van der Waals surface area contributed by atoms with Crippen molar-refractivity contribution in [2.24, 2.45) is 0 Å². The molecular formula is C5H8Br2Zn2. The smallest absolute Gasteiger partial charge is 1.00 e. The summed E-state index contributed by atoms with van der Waals surface area (Å²) in [5.74, 6) is 0. The molecule has 0 aromatic carbocycles. The summed E-state index contributed by atoms with van der Waals surface area (Å²) in [6, 6.07) is 0. The first kappa shape index (κ1) is 45.7. The van der Waals surface area contributed by atoms with Crippen molar-refractivity contribution in [3.05, 3.63) is 25.8 Å². The zero-order valence-corrected chi connectivity index (χ0v) is 14.7. The minimum Gasteiger partial charge on any atom is -1.00 e. The third-order valence-electron chi connectivity index (χ3n) is 0. The number of rotatable bonds is 0. The molecule has 0 bridgehead atoms. The van der Waals surface area contributed by atoms with Crippen LogP contribution in [0.4, 0.5) is 0 Å². The first-order valence-corrected chi connectivity index (χ1v) is 1.32. The Kier molecular flexibility index (Phi) is 514. The van der Waals surface area contributed by atoms with Crippen molar-refractivity contribution in [1.82, 2.24) is 0 Å². The Morgan fingerprint density at radius 2 is 1.11 bits per heavy atom. The molecule has 0 aliphatic carbocycles. The Bertz CT molecular complexity index is 26.9. The normalized spacial score (nSPS) is 1.89. The molecule has 0 aromatic rings. The second-order valence-electron chi connectivity index (χ2n) is 0.333. The van der Waals surface area contributed by atoms with Gasteiger partial charge in [-0.2, -0.15) is 0 Å². The van der Waals surface area contributed by atoms with Crippen molar-refractivity contribution in [2.45, 2.75) is 6.92 Å². The maximum Gasteiger partial charge on any atom is 2.00 e. The molecule has 46 valence electrons. The largest absolute Gasteiger partial charge is 2.00 e. The van der Waals surface area contributed by atoms with E-state index in [2.05, 4.69) is 13.2 Å². The van der Waals surface area contributed by atoms with Crippen LogP contribution in [0.15, 0.2) is 12.7 Å². The van der Waals surface area contributed by atoms with E-state index in [9.17, 15) is 0 Å². The first-order valence-electron chi connectivity index (χ1n) is 1.32. The van der Waals surface area contributed by atoms with Crippen molar-refractivity contribution in [2.75, 3.05) is 0 Å². The quantitative estimate of drug-likeness (QED) is 0.303. The van der Waals surface area contributed by atoms with Crippen LogP contribution in [0.25, 0.3) is 0 Å². The van der Waals surface area contributed by atoms with E-state index in [-0.39, 0.29) is 72.9 Å². The monoisotopic (exact) mass is 354 g/mol. The molecule has 0 heterocycles. The zero-order chi connectivity index (χ0) is 4.71. The molecule has 0 spiro atoms. The molecule has 0 aliphatic heterocycles. The van der Waals surface area contributed by atoms with Crippen LogP contribution in [0.3, 0.4) is 0 Å². The topological polar surface area (TPSA) is 0 Å². The molecule has 0 nitrogen and oxygen atoms in total. The Balaban J connectivity index is -0.00000000357. The predicted octanol–water partition coefficient (Wildman–Crippen LogP) is -4.40. The summed E-state index contributed by atoms with van der Waals surface area (Å²) in [4.78, 5) is 0. The molecule has 0 N–H and O–H groups in total. The van der Waals surface area contributed by atoms with Gasteiger partial charge >= 0.3 is 39.0 Å². The third-order valence-corrected chi connectivity index (χ3v) is 0. The molecule has 0 unspecified atom stereocenters. The molecule has 0 aliphatic rings. The summed E-state index contributed by atoms with van der Waals surface area (Å²) in [5.41, 5.74) is 0. The van der Waals surface area contributed by atoms with Gasteiger partial charge in [-0.05, 0) is 0 Å². The van der Waals surface area contributed by atoms with Gasteiger partial charge in [0.1, 0.15) is 0 Å². The van der Waals surface area contributed by atoms with E-state index in [0.717, 1.165) is 0 Å². The second kappa shape index (κ2) is 101. The molecule has 0 radical (unpaired) electrons. The maximum atomic E-state index is 4.72. The molecule has 9 heavy (non-hydrogen) atoms. The van der Waals surface area contributed by atoms with Crippen LogP contribution in [0.1, 0.15) is 6.92 Å². The van der Waals surface area contributed by atoms with E-state index in [1.165, 1.54) is 6.08 Å². The number of halogens is 2. The Morgan fingerprint density at radius 3 is 1.11 bits per heavy atom. The van der Waals surface area contributed by atoms with Gasteiger partial charge in [-0.15, -0.1) is 0 Å². The van der Waals surface area contributed by atoms with Crippen molar-refractivity contribution in [3.8, 4) is 0 Å². The first-order chi connectivity index (χ1) is 2.41. The fourth-order valence-electron chi connectivity index (χ4n) is 0. The average Bonchev–Trinajstić information content (AvgIpc) is 1.46. The summed E-state index contributed by atoms with van der Waals surface area (Å²) in [6.07, 6.45) is 1.50. The fraction of sp³-hybridized carbons (Fsp3) is 0.200. The molecule has 0 fully saturated rings. The molecular weight excluding hydrogens is 351 g/mol. The SMILES string of the molecule is [Br-].[Br-].[CH-]=C.[CH-]=CC.[Zn+2].[Zn+2]. The van der Waals surface area contributed by atoms with E-state index >= 15 is 0 Å². The summed E-state index contributed by atoms with van der Waals surface area (Å²) < 4.78 is 0. The van der Waals surface area contributed by atoms with Crippen molar-refractivity contribution in [1.29, 1.82) is 0 Å². The van der Waals surface area contributed by atoms with Crippen LogP contribution in [-0.4, -0.2) is 0 Å². The fourth-order valence-corrected chi connectivity index (χ4v) is 0. The second-order valence-corrected chi connectivity index (χ2v) is 0.333. The van der Waals surface area contributed by atoms with Gasteiger partial charge in [0.05, 0.1) is 0 Å². The summed E-state index contributed by atoms with van der Waals surface area (Å²) >= 11 is 0. The van der Waals surface area contributed by atoms with E-state index in [0.29, 0.717) is 0 Å². The Labute approximate surface area is 105 Å². The van der Waals surface area contributed by atoms with Crippen molar-refractivity contribution < 1.29 is 72.9 Å². The van der Waals surface area contributed by atoms with E-state index in [4.69, 9.17) is 6.58 Å². The van der Waals surface area contributed by atoms with E-state index in [1.807, 2.05) is 0 Å². The van der Waals surface area contributed by atoms with Crippen molar-refractivity contribution in [3.63, 3.8) is 0 Å². The number of allylic oxidation sites excluding steroid dienone is 1. The minimum atomic E-state index is 0. The van der Waals surface area contributed by atoms with Crippen LogP contribution in [0.5, 0.6) is 0 Å². The van der Waals surface area contributed by atoms with Gasteiger partial charge in [-0.1, -0.05) is 6.92 Å². The minimum absolute atomic E-state index is 0. The third kappa shape index (κ3) is 201. The van der Waals surface area contributed by atoms with E-state index < -0.39 is 0 Å². The van der Waals surface area contributed by atoms with Crippen LogP contribution < -0.4 is 34.0 Å². The molecule has 0 saturated carbocycles. The van der Waals surface area contributed by atoms with Gasteiger partial charge in [0, 0.05) is 0 Å². The van der Waals surface area contributed by atoms with Gasteiger partial charge in [0.2, 0.25) is 0 Å². The number of hydrogen-bond donors (Lipinski definition) is 0. The van der Waals surface area contributed by atoms with Crippen LogP contribution in [-0.2, 0) is 39.0 Å².